The Hall–Kier alpha value is -0.300. The first-order valence-corrected chi connectivity index (χ1v) is 6.11. The van der Waals surface area contributed by atoms with Gasteiger partial charge in [0.05, 0.1) is 6.61 Å². The molecule has 80 valence electrons. The molecule has 0 spiro atoms. The summed E-state index contributed by atoms with van der Waals surface area (Å²) >= 11 is 0. The zero-order chi connectivity index (χ0) is 9.80. The summed E-state index contributed by atoms with van der Waals surface area (Å²) < 4.78 is 5.56. The van der Waals surface area contributed by atoms with Gasteiger partial charge in [-0.1, -0.05) is 30.9 Å². The number of allylic oxidation sites excluding steroid dienone is 1. The van der Waals surface area contributed by atoms with Gasteiger partial charge in [-0.05, 0) is 38.0 Å². The Bertz CT molecular complexity index is 201. The Morgan fingerprint density at radius 1 is 1.14 bits per heavy atom. The van der Waals surface area contributed by atoms with Crippen molar-refractivity contribution in [3.63, 3.8) is 0 Å². The monoisotopic (exact) mass is 194 g/mol. The van der Waals surface area contributed by atoms with Crippen LogP contribution in [0.15, 0.2) is 11.6 Å². The number of hydrogen-bond acceptors (Lipinski definition) is 1. The Labute approximate surface area is 87.5 Å². The maximum absolute atomic E-state index is 5.56. The van der Waals surface area contributed by atoms with Crippen LogP contribution in [-0.4, -0.2) is 13.2 Å². The Balaban J connectivity index is 1.96. The van der Waals surface area contributed by atoms with E-state index in [1.54, 1.807) is 0 Å². The summed E-state index contributed by atoms with van der Waals surface area (Å²) in [6.45, 7) is 4.04. The van der Waals surface area contributed by atoms with Gasteiger partial charge in [0.1, 0.15) is 0 Å². The van der Waals surface area contributed by atoms with Gasteiger partial charge in [0.25, 0.3) is 0 Å². The van der Waals surface area contributed by atoms with Crippen molar-refractivity contribution >= 4 is 0 Å². The highest BCUT2D eigenvalue weighted by atomic mass is 16.5. The molecule has 1 fully saturated rings. The van der Waals surface area contributed by atoms with Gasteiger partial charge < -0.3 is 4.74 Å². The van der Waals surface area contributed by atoms with E-state index in [0.29, 0.717) is 0 Å². The van der Waals surface area contributed by atoms with Crippen LogP contribution >= 0.6 is 0 Å². The fraction of sp³-hybridized carbons (Fsp3) is 0.846. The second kappa shape index (κ2) is 4.97. The van der Waals surface area contributed by atoms with Crippen molar-refractivity contribution in [1.29, 1.82) is 0 Å². The van der Waals surface area contributed by atoms with Crippen LogP contribution in [0.5, 0.6) is 0 Å². The van der Waals surface area contributed by atoms with Gasteiger partial charge in [-0.15, -0.1) is 0 Å². The molecule has 2 aliphatic rings. The molecule has 0 amide bonds. The van der Waals surface area contributed by atoms with Crippen LogP contribution in [-0.2, 0) is 4.74 Å². The minimum atomic E-state index is 0.817. The van der Waals surface area contributed by atoms with Crippen LogP contribution in [0.1, 0.15) is 45.4 Å². The van der Waals surface area contributed by atoms with Gasteiger partial charge in [0.2, 0.25) is 0 Å². The van der Waals surface area contributed by atoms with E-state index >= 15 is 0 Å². The van der Waals surface area contributed by atoms with E-state index < -0.39 is 0 Å². The molecule has 0 aromatic rings. The second-order valence-corrected chi connectivity index (χ2v) is 4.92. The van der Waals surface area contributed by atoms with Gasteiger partial charge in [-0.2, -0.15) is 0 Å². The standard InChI is InChI=1S/C13H22O/c1-11-9-13(7-8-14-10-11)12-5-3-2-4-6-12/h9,12-13H,2-8,10H2,1H3. The van der Waals surface area contributed by atoms with Crippen molar-refractivity contribution in [2.75, 3.05) is 13.2 Å². The zero-order valence-electron chi connectivity index (χ0n) is 9.30. The minimum absolute atomic E-state index is 0.817. The highest BCUT2D eigenvalue weighted by Crippen LogP contribution is 2.33. The Morgan fingerprint density at radius 3 is 2.71 bits per heavy atom. The maximum atomic E-state index is 5.56. The predicted octanol–water partition coefficient (Wildman–Crippen LogP) is 3.55. The average molecular weight is 194 g/mol. The van der Waals surface area contributed by atoms with Crippen LogP contribution < -0.4 is 0 Å². The van der Waals surface area contributed by atoms with Crippen LogP contribution in [0.3, 0.4) is 0 Å². The molecule has 2 rings (SSSR count). The van der Waals surface area contributed by atoms with E-state index in [4.69, 9.17) is 4.74 Å². The molecule has 0 N–H and O–H groups in total. The Kier molecular flexibility index (Phi) is 3.63. The Morgan fingerprint density at radius 2 is 1.93 bits per heavy atom. The van der Waals surface area contributed by atoms with E-state index in [9.17, 15) is 0 Å². The van der Waals surface area contributed by atoms with E-state index in [0.717, 1.165) is 25.0 Å². The molecule has 1 unspecified atom stereocenters. The van der Waals surface area contributed by atoms with Gasteiger partial charge in [-0.3, -0.25) is 0 Å². The van der Waals surface area contributed by atoms with Crippen LogP contribution in [0.25, 0.3) is 0 Å². The van der Waals surface area contributed by atoms with Crippen molar-refractivity contribution in [1.82, 2.24) is 0 Å². The van der Waals surface area contributed by atoms with E-state index in [1.807, 2.05) is 0 Å². The van der Waals surface area contributed by atoms with Crippen molar-refractivity contribution < 1.29 is 4.74 Å². The molecule has 14 heavy (non-hydrogen) atoms. The smallest absolute Gasteiger partial charge is 0.0674 e. The summed E-state index contributed by atoms with van der Waals surface area (Å²) in [5.41, 5.74) is 1.44. The lowest BCUT2D eigenvalue weighted by atomic mass is 9.78. The number of ether oxygens (including phenoxy) is 1. The third-order valence-electron chi connectivity index (χ3n) is 3.68. The number of hydrogen-bond donors (Lipinski definition) is 0. The average Bonchev–Trinajstić information content (AvgIpc) is 2.44. The quantitative estimate of drug-likeness (QED) is 0.580. The van der Waals surface area contributed by atoms with Gasteiger partial charge >= 0.3 is 0 Å². The molecule has 0 bridgehead atoms. The molecule has 0 aromatic heterocycles. The summed E-state index contributed by atoms with van der Waals surface area (Å²) in [5.74, 6) is 1.78. The summed E-state index contributed by atoms with van der Waals surface area (Å²) in [7, 11) is 0. The first-order valence-electron chi connectivity index (χ1n) is 6.11. The fourth-order valence-corrected chi connectivity index (χ4v) is 2.88. The van der Waals surface area contributed by atoms with Crippen molar-refractivity contribution in [3.8, 4) is 0 Å². The molecule has 1 nitrogen and oxygen atoms in total. The first-order chi connectivity index (χ1) is 6.86. The third-order valence-corrected chi connectivity index (χ3v) is 3.68. The van der Waals surface area contributed by atoms with Gasteiger partial charge in [0.15, 0.2) is 0 Å². The molecular weight excluding hydrogens is 172 g/mol. The van der Waals surface area contributed by atoms with Gasteiger partial charge in [-0.25, -0.2) is 0 Å². The lowest BCUT2D eigenvalue weighted by Crippen LogP contribution is -2.17. The molecule has 1 aliphatic carbocycles. The van der Waals surface area contributed by atoms with Crippen LogP contribution in [0, 0.1) is 11.8 Å². The van der Waals surface area contributed by atoms with E-state index in [-0.39, 0.29) is 0 Å². The molecule has 1 saturated carbocycles. The van der Waals surface area contributed by atoms with Crippen molar-refractivity contribution in [2.24, 2.45) is 11.8 Å². The molecule has 1 atom stereocenters. The largest absolute Gasteiger partial charge is 0.377 e. The minimum Gasteiger partial charge on any atom is -0.377 e. The van der Waals surface area contributed by atoms with E-state index in [2.05, 4.69) is 13.0 Å². The molecule has 0 saturated heterocycles. The summed E-state index contributed by atoms with van der Waals surface area (Å²) in [6.07, 6.45) is 11.0. The lowest BCUT2D eigenvalue weighted by molar-refractivity contribution is 0.141. The molecular formula is C13H22O. The third kappa shape index (κ3) is 2.60. The SMILES string of the molecule is CC1=CC(C2CCCCC2)CCOC1. The van der Waals surface area contributed by atoms with Crippen molar-refractivity contribution in [3.05, 3.63) is 11.6 Å². The van der Waals surface area contributed by atoms with Crippen LogP contribution in [0.4, 0.5) is 0 Å². The zero-order valence-corrected chi connectivity index (χ0v) is 9.30. The molecule has 0 radical (unpaired) electrons. The maximum Gasteiger partial charge on any atom is 0.0674 e. The summed E-state index contributed by atoms with van der Waals surface area (Å²) in [4.78, 5) is 0. The summed E-state index contributed by atoms with van der Waals surface area (Å²) in [5, 5.41) is 0. The highest BCUT2D eigenvalue weighted by Gasteiger charge is 2.22. The first kappa shape index (κ1) is 10.2. The highest BCUT2D eigenvalue weighted by molar-refractivity contribution is 5.04. The van der Waals surface area contributed by atoms with Crippen molar-refractivity contribution in [2.45, 2.75) is 45.4 Å². The van der Waals surface area contributed by atoms with Gasteiger partial charge in [0, 0.05) is 6.61 Å². The topological polar surface area (TPSA) is 9.23 Å². The molecule has 1 aliphatic heterocycles. The van der Waals surface area contributed by atoms with Crippen LogP contribution in [0.2, 0.25) is 0 Å². The molecule has 1 heterocycles. The number of rotatable bonds is 1. The predicted molar refractivity (Wildman–Crippen MR) is 59.3 cm³/mol. The lowest BCUT2D eigenvalue weighted by Gasteiger charge is -2.27. The molecule has 0 aromatic carbocycles. The summed E-state index contributed by atoms with van der Waals surface area (Å²) in [6, 6.07) is 0. The molecule has 1 heteroatoms. The van der Waals surface area contributed by atoms with E-state index in [1.165, 1.54) is 44.1 Å². The normalized spacial score (nSPS) is 30.9. The fourth-order valence-electron chi connectivity index (χ4n) is 2.88. The second-order valence-electron chi connectivity index (χ2n) is 4.92.